The standard InChI is InChI=1S/C8H6F3NO2/c1-14-6-5(7(9)10)4(3-13)2-12-8(6)11/h2-3,7H,1H3. The van der Waals surface area contributed by atoms with Crippen LogP contribution in [-0.2, 0) is 0 Å². The molecule has 0 bridgehead atoms. The molecule has 0 unspecified atom stereocenters. The van der Waals surface area contributed by atoms with Crippen molar-refractivity contribution in [3.8, 4) is 5.75 Å². The first-order valence-corrected chi connectivity index (χ1v) is 3.57. The lowest BCUT2D eigenvalue weighted by Gasteiger charge is -2.09. The molecule has 0 amide bonds. The van der Waals surface area contributed by atoms with Crippen molar-refractivity contribution in [2.75, 3.05) is 7.11 Å². The van der Waals surface area contributed by atoms with Crippen LogP contribution in [0.3, 0.4) is 0 Å². The van der Waals surface area contributed by atoms with Gasteiger partial charge in [-0.1, -0.05) is 0 Å². The summed E-state index contributed by atoms with van der Waals surface area (Å²) >= 11 is 0. The van der Waals surface area contributed by atoms with Gasteiger partial charge in [-0.25, -0.2) is 13.8 Å². The smallest absolute Gasteiger partial charge is 0.268 e. The Morgan fingerprint density at radius 1 is 1.57 bits per heavy atom. The van der Waals surface area contributed by atoms with Crippen LogP contribution in [0.1, 0.15) is 22.3 Å². The first-order valence-electron chi connectivity index (χ1n) is 3.57. The largest absolute Gasteiger partial charge is 0.492 e. The van der Waals surface area contributed by atoms with E-state index in [1.165, 1.54) is 0 Å². The summed E-state index contributed by atoms with van der Waals surface area (Å²) in [5.74, 6) is -1.85. The van der Waals surface area contributed by atoms with Crippen LogP contribution in [0.2, 0.25) is 0 Å². The van der Waals surface area contributed by atoms with Crippen LogP contribution in [0.15, 0.2) is 6.20 Å². The molecule has 0 fully saturated rings. The molecule has 0 saturated heterocycles. The molecule has 0 radical (unpaired) electrons. The third-order valence-electron chi connectivity index (χ3n) is 1.61. The fourth-order valence-corrected chi connectivity index (χ4v) is 1.01. The van der Waals surface area contributed by atoms with E-state index in [-0.39, 0.29) is 11.8 Å². The fraction of sp³-hybridized carbons (Fsp3) is 0.250. The second-order valence-corrected chi connectivity index (χ2v) is 2.37. The van der Waals surface area contributed by atoms with Gasteiger partial charge >= 0.3 is 0 Å². The maximum atomic E-state index is 12.8. The number of aromatic nitrogens is 1. The summed E-state index contributed by atoms with van der Waals surface area (Å²) in [6.45, 7) is 0. The molecule has 6 heteroatoms. The molecule has 0 atom stereocenters. The van der Waals surface area contributed by atoms with Gasteiger partial charge in [-0.05, 0) is 0 Å². The van der Waals surface area contributed by atoms with E-state index in [1.54, 1.807) is 0 Å². The van der Waals surface area contributed by atoms with Crippen LogP contribution in [0, 0.1) is 5.95 Å². The summed E-state index contributed by atoms with van der Waals surface area (Å²) in [6, 6.07) is 0. The number of aldehydes is 1. The molecule has 14 heavy (non-hydrogen) atoms. The van der Waals surface area contributed by atoms with Gasteiger partial charge in [0.05, 0.1) is 12.7 Å². The number of ether oxygens (including phenoxy) is 1. The zero-order chi connectivity index (χ0) is 10.7. The number of alkyl halides is 2. The van der Waals surface area contributed by atoms with Crippen LogP contribution < -0.4 is 4.74 Å². The van der Waals surface area contributed by atoms with Crippen LogP contribution in [0.25, 0.3) is 0 Å². The van der Waals surface area contributed by atoms with E-state index >= 15 is 0 Å². The normalized spacial score (nSPS) is 10.4. The summed E-state index contributed by atoms with van der Waals surface area (Å²) in [5.41, 5.74) is -1.15. The van der Waals surface area contributed by atoms with Gasteiger partial charge in [0.25, 0.3) is 12.4 Å². The number of carbonyl (C=O) groups excluding carboxylic acids is 1. The van der Waals surface area contributed by atoms with Gasteiger partial charge in [0.15, 0.2) is 12.0 Å². The Kier molecular flexibility index (Phi) is 3.06. The molecule has 0 aliphatic carbocycles. The highest BCUT2D eigenvalue weighted by Gasteiger charge is 2.22. The van der Waals surface area contributed by atoms with Crippen molar-refractivity contribution in [1.82, 2.24) is 4.98 Å². The quantitative estimate of drug-likeness (QED) is 0.559. The van der Waals surface area contributed by atoms with Gasteiger partial charge in [-0.3, -0.25) is 4.79 Å². The fourth-order valence-electron chi connectivity index (χ4n) is 1.01. The molecule has 0 N–H and O–H groups in total. The Balaban J connectivity index is 3.43. The molecule has 76 valence electrons. The minimum Gasteiger partial charge on any atom is -0.492 e. The molecule has 0 aromatic carbocycles. The third-order valence-corrected chi connectivity index (χ3v) is 1.61. The predicted octanol–water partition coefficient (Wildman–Crippen LogP) is 1.98. The Labute approximate surface area is 77.5 Å². The minimum absolute atomic E-state index is 0.177. The van der Waals surface area contributed by atoms with Crippen LogP contribution in [0.4, 0.5) is 13.2 Å². The Morgan fingerprint density at radius 2 is 2.21 bits per heavy atom. The molecule has 3 nitrogen and oxygen atoms in total. The lowest BCUT2D eigenvalue weighted by molar-refractivity contribution is 0.110. The number of rotatable bonds is 3. The van der Waals surface area contributed by atoms with Crippen molar-refractivity contribution in [3.63, 3.8) is 0 Å². The number of pyridine rings is 1. The molecule has 1 aromatic heterocycles. The number of halogens is 3. The Bertz CT molecular complexity index is 355. The van der Waals surface area contributed by atoms with Gasteiger partial charge in [0.2, 0.25) is 0 Å². The second kappa shape index (κ2) is 4.08. The van der Waals surface area contributed by atoms with Gasteiger partial charge < -0.3 is 4.74 Å². The van der Waals surface area contributed by atoms with Crippen molar-refractivity contribution in [2.45, 2.75) is 6.43 Å². The predicted molar refractivity (Wildman–Crippen MR) is 41.1 cm³/mol. The van der Waals surface area contributed by atoms with Crippen molar-refractivity contribution in [2.24, 2.45) is 0 Å². The Morgan fingerprint density at radius 3 is 2.64 bits per heavy atom. The molecule has 1 aromatic rings. The molecule has 0 saturated carbocycles. The molecule has 0 aliphatic rings. The lowest BCUT2D eigenvalue weighted by atomic mass is 10.1. The van der Waals surface area contributed by atoms with Crippen molar-refractivity contribution in [1.29, 1.82) is 0 Å². The molecule has 1 heterocycles. The minimum atomic E-state index is -2.98. The van der Waals surface area contributed by atoms with Gasteiger partial charge in [0.1, 0.15) is 0 Å². The monoisotopic (exact) mass is 205 g/mol. The van der Waals surface area contributed by atoms with Gasteiger partial charge in [-0.2, -0.15) is 4.39 Å². The summed E-state index contributed by atoms with van der Waals surface area (Å²) < 4.78 is 42.1. The highest BCUT2D eigenvalue weighted by molar-refractivity contribution is 5.78. The average molecular weight is 205 g/mol. The van der Waals surface area contributed by atoms with Gasteiger partial charge in [0, 0.05) is 11.8 Å². The number of carbonyl (C=O) groups is 1. The van der Waals surface area contributed by atoms with E-state index in [9.17, 15) is 18.0 Å². The van der Waals surface area contributed by atoms with Crippen molar-refractivity contribution in [3.05, 3.63) is 23.3 Å². The Hall–Kier alpha value is -1.59. The lowest BCUT2D eigenvalue weighted by Crippen LogP contribution is -2.03. The van der Waals surface area contributed by atoms with E-state index in [1.807, 2.05) is 0 Å². The van der Waals surface area contributed by atoms with Gasteiger partial charge in [-0.15, -0.1) is 0 Å². The van der Waals surface area contributed by atoms with Crippen LogP contribution in [-0.4, -0.2) is 18.4 Å². The zero-order valence-electron chi connectivity index (χ0n) is 7.13. The summed E-state index contributed by atoms with van der Waals surface area (Å²) in [5, 5.41) is 0. The number of hydrogen-bond donors (Lipinski definition) is 0. The molecular weight excluding hydrogens is 199 g/mol. The zero-order valence-corrected chi connectivity index (χ0v) is 7.13. The highest BCUT2D eigenvalue weighted by atomic mass is 19.3. The van der Waals surface area contributed by atoms with E-state index in [0.717, 1.165) is 13.3 Å². The number of hydrogen-bond acceptors (Lipinski definition) is 3. The van der Waals surface area contributed by atoms with E-state index < -0.39 is 23.7 Å². The number of nitrogens with zero attached hydrogens (tertiary/aromatic N) is 1. The third kappa shape index (κ3) is 1.68. The first-order chi connectivity index (χ1) is 6.61. The highest BCUT2D eigenvalue weighted by Crippen LogP contribution is 2.32. The van der Waals surface area contributed by atoms with E-state index in [4.69, 9.17) is 0 Å². The van der Waals surface area contributed by atoms with Crippen molar-refractivity contribution >= 4 is 6.29 Å². The maximum absolute atomic E-state index is 12.8. The molecule has 1 rings (SSSR count). The molecule has 0 spiro atoms. The number of methoxy groups -OCH3 is 1. The topological polar surface area (TPSA) is 39.2 Å². The van der Waals surface area contributed by atoms with Crippen LogP contribution >= 0.6 is 0 Å². The maximum Gasteiger partial charge on any atom is 0.268 e. The van der Waals surface area contributed by atoms with Crippen LogP contribution in [0.5, 0.6) is 5.75 Å². The van der Waals surface area contributed by atoms with E-state index in [0.29, 0.717) is 0 Å². The van der Waals surface area contributed by atoms with E-state index in [2.05, 4.69) is 9.72 Å². The molecule has 0 aliphatic heterocycles. The average Bonchev–Trinajstić information content (AvgIpc) is 2.17. The second-order valence-electron chi connectivity index (χ2n) is 2.37. The summed E-state index contributed by atoms with van der Waals surface area (Å²) in [4.78, 5) is 13.5. The SMILES string of the molecule is COc1c(F)ncc(C=O)c1C(F)F. The summed E-state index contributed by atoms with van der Waals surface area (Å²) in [6.07, 6.45) is -2.06. The summed E-state index contributed by atoms with van der Waals surface area (Å²) in [7, 11) is 1.03. The first kappa shape index (κ1) is 10.5. The molecular formula is C8H6F3NO2. The van der Waals surface area contributed by atoms with Crippen molar-refractivity contribution < 1.29 is 22.7 Å².